The fourth-order valence-electron chi connectivity index (χ4n) is 2.32. The summed E-state index contributed by atoms with van der Waals surface area (Å²) in [5.41, 5.74) is 0.337. The summed E-state index contributed by atoms with van der Waals surface area (Å²) in [7, 11) is 3.11. The number of halogens is 1. The summed E-state index contributed by atoms with van der Waals surface area (Å²) >= 11 is 0. The lowest BCUT2D eigenvalue weighted by molar-refractivity contribution is 0.0714. The minimum Gasteiger partial charge on any atom is -0.380 e. The molecule has 1 fully saturated rings. The molecule has 1 aliphatic heterocycles. The van der Waals surface area contributed by atoms with Crippen LogP contribution in [0.15, 0.2) is 17.2 Å². The van der Waals surface area contributed by atoms with E-state index in [0.717, 1.165) is 6.42 Å². The summed E-state index contributed by atoms with van der Waals surface area (Å²) in [4.78, 5) is 14.1. The zero-order valence-corrected chi connectivity index (χ0v) is 12.9. The van der Waals surface area contributed by atoms with Crippen LogP contribution < -0.4 is 0 Å². The number of likely N-dealkylation sites (tertiary alicyclic amines) is 1. The van der Waals surface area contributed by atoms with Crippen LogP contribution in [0.5, 0.6) is 0 Å². The molecule has 1 amide bonds. The van der Waals surface area contributed by atoms with Gasteiger partial charge in [0.05, 0.1) is 6.10 Å². The maximum atomic E-state index is 12.4. The summed E-state index contributed by atoms with van der Waals surface area (Å²) in [6.07, 6.45) is 2.22. The van der Waals surface area contributed by atoms with Gasteiger partial charge >= 0.3 is 0 Å². The Labute approximate surface area is 122 Å². The number of carbonyl (C=O) groups is 1. The van der Waals surface area contributed by atoms with Crippen molar-refractivity contribution in [2.24, 2.45) is 0 Å². The van der Waals surface area contributed by atoms with Crippen molar-refractivity contribution in [1.29, 1.82) is 0 Å². The summed E-state index contributed by atoms with van der Waals surface area (Å²) in [6, 6.07) is 1.33. The van der Waals surface area contributed by atoms with Crippen LogP contribution in [0.25, 0.3) is 0 Å². The van der Waals surface area contributed by atoms with Crippen molar-refractivity contribution in [2.75, 3.05) is 20.2 Å². The average molecular weight is 321 g/mol. The predicted octanol–water partition coefficient (Wildman–Crippen LogP) is 1.30. The van der Waals surface area contributed by atoms with E-state index in [-0.39, 0.29) is 16.9 Å². The monoisotopic (exact) mass is 320 g/mol. The number of amides is 1. The van der Waals surface area contributed by atoms with E-state index in [2.05, 4.69) is 0 Å². The van der Waals surface area contributed by atoms with Gasteiger partial charge in [0.1, 0.15) is 10.6 Å². The van der Waals surface area contributed by atoms with Gasteiger partial charge in [0.15, 0.2) is 0 Å². The van der Waals surface area contributed by atoms with Crippen molar-refractivity contribution in [3.8, 4) is 0 Å². The molecule has 2 heterocycles. The number of hydrogen-bond donors (Lipinski definition) is 0. The molecule has 0 saturated carbocycles. The van der Waals surface area contributed by atoms with Gasteiger partial charge in [0, 0.05) is 43.6 Å². The molecule has 112 valence electrons. The van der Waals surface area contributed by atoms with E-state index >= 15 is 0 Å². The molecule has 0 bridgehead atoms. The lowest BCUT2D eigenvalue weighted by atomic mass is 10.3. The van der Waals surface area contributed by atoms with Gasteiger partial charge in [-0.3, -0.25) is 4.79 Å². The van der Waals surface area contributed by atoms with E-state index in [4.69, 9.17) is 15.4 Å². The number of carbonyl (C=O) groups excluding carboxylic acids is 1. The molecule has 0 aromatic carbocycles. The Morgan fingerprint density at radius 3 is 2.75 bits per heavy atom. The molecular weight excluding hydrogens is 304 g/mol. The molecular formula is C12H17ClN2O4S. The second-order valence-corrected chi connectivity index (χ2v) is 7.25. The molecule has 1 aromatic rings. The molecule has 1 atom stereocenters. The van der Waals surface area contributed by atoms with E-state index in [9.17, 15) is 13.2 Å². The molecule has 1 saturated heterocycles. The Morgan fingerprint density at radius 2 is 2.25 bits per heavy atom. The molecule has 2 rings (SSSR count). The summed E-state index contributed by atoms with van der Waals surface area (Å²) in [5.74, 6) is -0.196. The lowest BCUT2D eigenvalue weighted by Gasteiger charge is -2.17. The fourth-order valence-corrected chi connectivity index (χ4v) is 3.08. The van der Waals surface area contributed by atoms with Gasteiger partial charge in [0.25, 0.3) is 15.0 Å². The highest BCUT2D eigenvalue weighted by Crippen LogP contribution is 2.22. The molecule has 1 unspecified atom stereocenters. The minimum atomic E-state index is -3.83. The van der Waals surface area contributed by atoms with E-state index in [1.165, 1.54) is 12.3 Å². The predicted molar refractivity (Wildman–Crippen MR) is 74.5 cm³/mol. The third-order valence-corrected chi connectivity index (χ3v) is 4.80. The highest BCUT2D eigenvalue weighted by atomic mass is 35.7. The Morgan fingerprint density at radius 1 is 1.55 bits per heavy atom. The second-order valence-electron chi connectivity index (χ2n) is 4.68. The van der Waals surface area contributed by atoms with Crippen LogP contribution >= 0.6 is 10.7 Å². The lowest BCUT2D eigenvalue weighted by Crippen LogP contribution is -2.31. The quantitative estimate of drug-likeness (QED) is 0.784. The van der Waals surface area contributed by atoms with Gasteiger partial charge in [-0.1, -0.05) is 0 Å². The number of hydrogen-bond acceptors (Lipinski definition) is 4. The van der Waals surface area contributed by atoms with E-state index in [1.807, 2.05) is 6.92 Å². The maximum absolute atomic E-state index is 12.4. The number of methoxy groups -OCH3 is 1. The smallest absolute Gasteiger partial charge is 0.270 e. The third-order valence-electron chi connectivity index (χ3n) is 3.48. The number of aryl methyl sites for hydroxylation is 1. The minimum absolute atomic E-state index is 0.0419. The van der Waals surface area contributed by atoms with E-state index in [1.54, 1.807) is 16.6 Å². The van der Waals surface area contributed by atoms with E-state index < -0.39 is 9.05 Å². The molecule has 1 aromatic heterocycles. The van der Waals surface area contributed by atoms with Gasteiger partial charge in [-0.25, -0.2) is 8.42 Å². The molecule has 20 heavy (non-hydrogen) atoms. The van der Waals surface area contributed by atoms with Gasteiger partial charge in [-0.05, 0) is 19.4 Å². The highest BCUT2D eigenvalue weighted by molar-refractivity contribution is 8.13. The molecule has 0 N–H and O–H groups in total. The van der Waals surface area contributed by atoms with Crippen LogP contribution in [0.1, 0.15) is 23.8 Å². The van der Waals surface area contributed by atoms with Crippen molar-refractivity contribution in [3.05, 3.63) is 18.0 Å². The Hall–Kier alpha value is -1.05. The first-order valence-electron chi connectivity index (χ1n) is 6.33. The van der Waals surface area contributed by atoms with Crippen LogP contribution in [0.2, 0.25) is 0 Å². The zero-order chi connectivity index (χ0) is 14.9. The zero-order valence-electron chi connectivity index (χ0n) is 11.4. The standard InChI is InChI=1S/C12H17ClN2O4S/c1-3-14-8-10(20(13,17)18)6-11(14)12(16)15-5-4-9(7-15)19-2/h6,8-9H,3-5,7H2,1-2H3. The fraction of sp³-hybridized carbons (Fsp3) is 0.583. The molecule has 0 radical (unpaired) electrons. The first kappa shape index (κ1) is 15.3. The van der Waals surface area contributed by atoms with E-state index in [0.29, 0.717) is 25.3 Å². The number of aromatic nitrogens is 1. The molecule has 1 aliphatic rings. The van der Waals surface area contributed by atoms with Gasteiger partial charge in [0.2, 0.25) is 0 Å². The Kier molecular flexibility index (Phi) is 4.41. The van der Waals surface area contributed by atoms with Crippen LogP contribution in [0, 0.1) is 0 Å². The van der Waals surface area contributed by atoms with Crippen LogP contribution in [-0.2, 0) is 20.3 Å². The normalized spacial score (nSPS) is 19.6. The topological polar surface area (TPSA) is 68.6 Å². The number of ether oxygens (including phenoxy) is 1. The second kappa shape index (κ2) is 5.75. The van der Waals surface area contributed by atoms with Crippen molar-refractivity contribution < 1.29 is 17.9 Å². The Bertz CT molecular complexity index is 611. The first-order valence-corrected chi connectivity index (χ1v) is 8.64. The first-order chi connectivity index (χ1) is 9.36. The van der Waals surface area contributed by atoms with Crippen molar-refractivity contribution in [2.45, 2.75) is 30.9 Å². The van der Waals surface area contributed by atoms with Crippen molar-refractivity contribution >= 4 is 25.6 Å². The van der Waals surface area contributed by atoms with Crippen LogP contribution in [-0.4, -0.2) is 50.1 Å². The van der Waals surface area contributed by atoms with Gasteiger partial charge in [-0.2, -0.15) is 0 Å². The Balaban J connectivity index is 2.28. The van der Waals surface area contributed by atoms with Crippen LogP contribution in [0.4, 0.5) is 0 Å². The number of rotatable bonds is 4. The maximum Gasteiger partial charge on any atom is 0.270 e. The largest absolute Gasteiger partial charge is 0.380 e. The molecule has 0 spiro atoms. The van der Waals surface area contributed by atoms with Gasteiger partial charge < -0.3 is 14.2 Å². The molecule has 8 heteroatoms. The van der Waals surface area contributed by atoms with Crippen molar-refractivity contribution in [3.63, 3.8) is 0 Å². The molecule has 6 nitrogen and oxygen atoms in total. The third kappa shape index (κ3) is 2.99. The SMILES string of the molecule is CCn1cc(S(=O)(=O)Cl)cc1C(=O)N1CCC(OC)C1. The highest BCUT2D eigenvalue weighted by Gasteiger charge is 2.29. The summed E-state index contributed by atoms with van der Waals surface area (Å²) < 4.78 is 29.5. The van der Waals surface area contributed by atoms with Crippen molar-refractivity contribution in [1.82, 2.24) is 9.47 Å². The van der Waals surface area contributed by atoms with Crippen LogP contribution in [0.3, 0.4) is 0 Å². The molecule has 0 aliphatic carbocycles. The summed E-state index contributed by atoms with van der Waals surface area (Å²) in [5, 5.41) is 0. The van der Waals surface area contributed by atoms with Gasteiger partial charge in [-0.15, -0.1) is 0 Å². The summed E-state index contributed by atoms with van der Waals surface area (Å²) in [6.45, 7) is 3.46. The number of nitrogens with zero attached hydrogens (tertiary/aromatic N) is 2. The average Bonchev–Trinajstić information content (AvgIpc) is 3.03.